The Balaban J connectivity index is 1.64. The first-order chi connectivity index (χ1) is 10.6. The van der Waals surface area contributed by atoms with Crippen molar-refractivity contribution in [3.8, 4) is 0 Å². The first kappa shape index (κ1) is 16.2. The van der Waals surface area contributed by atoms with Crippen molar-refractivity contribution in [1.29, 1.82) is 0 Å². The van der Waals surface area contributed by atoms with E-state index in [2.05, 4.69) is 0 Å². The number of esters is 1. The fourth-order valence-corrected chi connectivity index (χ4v) is 2.28. The number of nitrogens with two attached hydrogens (primary N) is 1. The van der Waals surface area contributed by atoms with Crippen LogP contribution in [0.15, 0.2) is 42.0 Å². The van der Waals surface area contributed by atoms with Crippen LogP contribution in [0.2, 0.25) is 0 Å². The van der Waals surface area contributed by atoms with E-state index in [1.54, 1.807) is 6.08 Å². The molecule has 0 saturated heterocycles. The molecule has 0 fully saturated rings. The average Bonchev–Trinajstić information content (AvgIpc) is 2.86. The lowest BCUT2D eigenvalue weighted by Gasteiger charge is -2.05. The maximum Gasteiger partial charge on any atom is 0.334 e. The molecule has 1 amide bonds. The van der Waals surface area contributed by atoms with Crippen molar-refractivity contribution in [2.24, 2.45) is 5.73 Å². The number of rotatable bonds is 9. The van der Waals surface area contributed by atoms with Crippen molar-refractivity contribution in [1.82, 2.24) is 0 Å². The van der Waals surface area contributed by atoms with Crippen LogP contribution < -0.4 is 5.73 Å². The number of hydrogen-bond acceptors (Lipinski definition) is 4. The van der Waals surface area contributed by atoms with Gasteiger partial charge in [-0.25, -0.2) is 4.79 Å². The Morgan fingerprint density at radius 3 is 2.77 bits per heavy atom. The molecule has 0 spiro atoms. The van der Waals surface area contributed by atoms with Crippen LogP contribution in [0.25, 0.3) is 0 Å². The second kappa shape index (κ2) is 8.34. The standard InChI is InChI=1S/C17H21NO4/c18-16(19)9-8-15-11-14(17(20)22-15)7-4-10-21-12-13-5-2-1-3-6-13/h1-3,5-6,11,15H,4,7-10,12H2,(H2,18,19)/t15-/m1/s1. The Morgan fingerprint density at radius 2 is 2.05 bits per heavy atom. The minimum Gasteiger partial charge on any atom is -0.455 e. The quantitative estimate of drug-likeness (QED) is 0.560. The van der Waals surface area contributed by atoms with E-state index >= 15 is 0 Å². The van der Waals surface area contributed by atoms with E-state index in [-0.39, 0.29) is 24.4 Å². The molecule has 1 atom stereocenters. The summed E-state index contributed by atoms with van der Waals surface area (Å²) in [6, 6.07) is 9.95. The van der Waals surface area contributed by atoms with E-state index in [1.807, 2.05) is 30.3 Å². The second-order valence-electron chi connectivity index (χ2n) is 5.28. The molecule has 1 aromatic carbocycles. The smallest absolute Gasteiger partial charge is 0.334 e. The Hall–Kier alpha value is -2.14. The molecule has 1 aliphatic heterocycles. The maximum atomic E-state index is 11.7. The number of cyclic esters (lactones) is 1. The number of benzene rings is 1. The number of carbonyl (C=O) groups is 2. The van der Waals surface area contributed by atoms with Crippen LogP contribution >= 0.6 is 0 Å². The molecule has 5 nitrogen and oxygen atoms in total. The number of primary amides is 1. The number of carbonyl (C=O) groups excluding carboxylic acids is 2. The van der Waals surface area contributed by atoms with Gasteiger partial charge in [-0.1, -0.05) is 30.3 Å². The van der Waals surface area contributed by atoms with Crippen molar-refractivity contribution in [2.75, 3.05) is 6.61 Å². The van der Waals surface area contributed by atoms with Crippen LogP contribution in [-0.4, -0.2) is 24.6 Å². The lowest BCUT2D eigenvalue weighted by atomic mass is 10.1. The van der Waals surface area contributed by atoms with Crippen molar-refractivity contribution in [3.63, 3.8) is 0 Å². The highest BCUT2D eigenvalue weighted by Gasteiger charge is 2.24. The predicted octanol–water partition coefficient (Wildman–Crippen LogP) is 2.10. The molecule has 1 aliphatic rings. The Morgan fingerprint density at radius 1 is 1.27 bits per heavy atom. The first-order valence-electron chi connectivity index (χ1n) is 7.47. The summed E-state index contributed by atoms with van der Waals surface area (Å²) < 4.78 is 10.8. The largest absolute Gasteiger partial charge is 0.455 e. The molecule has 0 radical (unpaired) electrons. The van der Waals surface area contributed by atoms with E-state index < -0.39 is 0 Å². The van der Waals surface area contributed by atoms with Gasteiger partial charge >= 0.3 is 5.97 Å². The topological polar surface area (TPSA) is 78.6 Å². The lowest BCUT2D eigenvalue weighted by molar-refractivity contribution is -0.140. The summed E-state index contributed by atoms with van der Waals surface area (Å²) >= 11 is 0. The van der Waals surface area contributed by atoms with Gasteiger partial charge in [-0.2, -0.15) is 0 Å². The van der Waals surface area contributed by atoms with Gasteiger partial charge in [0.15, 0.2) is 0 Å². The molecular formula is C17H21NO4. The molecular weight excluding hydrogens is 282 g/mol. The zero-order chi connectivity index (χ0) is 15.8. The third-order valence-corrected chi connectivity index (χ3v) is 3.43. The van der Waals surface area contributed by atoms with Crippen molar-refractivity contribution in [3.05, 3.63) is 47.5 Å². The third kappa shape index (κ3) is 5.33. The van der Waals surface area contributed by atoms with Gasteiger partial charge in [0.05, 0.1) is 6.61 Å². The normalized spacial score (nSPS) is 17.2. The summed E-state index contributed by atoms with van der Waals surface area (Å²) in [6.45, 7) is 1.16. The van der Waals surface area contributed by atoms with Gasteiger partial charge in [0.1, 0.15) is 6.10 Å². The van der Waals surface area contributed by atoms with Crippen LogP contribution in [0.4, 0.5) is 0 Å². The molecule has 118 valence electrons. The molecule has 1 aromatic rings. The van der Waals surface area contributed by atoms with Gasteiger partial charge in [-0.05, 0) is 30.9 Å². The summed E-state index contributed by atoms with van der Waals surface area (Å²) in [6.07, 6.45) is 3.54. The van der Waals surface area contributed by atoms with Crippen LogP contribution in [0.3, 0.4) is 0 Å². The van der Waals surface area contributed by atoms with Crippen LogP contribution in [0, 0.1) is 0 Å². The Labute approximate surface area is 130 Å². The van der Waals surface area contributed by atoms with Gasteiger partial charge in [0.25, 0.3) is 0 Å². The monoisotopic (exact) mass is 303 g/mol. The molecule has 0 bridgehead atoms. The molecule has 0 aliphatic carbocycles. The molecule has 22 heavy (non-hydrogen) atoms. The summed E-state index contributed by atoms with van der Waals surface area (Å²) in [7, 11) is 0. The Bertz CT molecular complexity index is 539. The lowest BCUT2D eigenvalue weighted by Crippen LogP contribution is -2.15. The van der Waals surface area contributed by atoms with Gasteiger partial charge in [0, 0.05) is 18.6 Å². The molecule has 0 aromatic heterocycles. The van der Waals surface area contributed by atoms with Gasteiger partial charge < -0.3 is 15.2 Å². The summed E-state index contributed by atoms with van der Waals surface area (Å²) in [5.41, 5.74) is 6.88. The first-order valence-corrected chi connectivity index (χ1v) is 7.47. The molecule has 5 heteroatoms. The molecule has 1 heterocycles. The fourth-order valence-electron chi connectivity index (χ4n) is 2.28. The summed E-state index contributed by atoms with van der Waals surface area (Å²) in [4.78, 5) is 22.4. The van der Waals surface area contributed by atoms with Crippen LogP contribution in [0.1, 0.15) is 31.2 Å². The third-order valence-electron chi connectivity index (χ3n) is 3.43. The van der Waals surface area contributed by atoms with Crippen molar-refractivity contribution in [2.45, 2.75) is 38.4 Å². The van der Waals surface area contributed by atoms with Crippen LogP contribution in [-0.2, 0) is 25.7 Å². The second-order valence-corrected chi connectivity index (χ2v) is 5.28. The zero-order valence-electron chi connectivity index (χ0n) is 12.5. The highest BCUT2D eigenvalue weighted by molar-refractivity contribution is 5.90. The van der Waals surface area contributed by atoms with Gasteiger partial charge in [-0.15, -0.1) is 0 Å². The minimum absolute atomic E-state index is 0.224. The Kier molecular flexibility index (Phi) is 6.15. The van der Waals surface area contributed by atoms with E-state index in [1.165, 1.54) is 0 Å². The maximum absolute atomic E-state index is 11.7. The van der Waals surface area contributed by atoms with Gasteiger partial charge in [0.2, 0.25) is 5.91 Å². The van der Waals surface area contributed by atoms with E-state index in [4.69, 9.17) is 15.2 Å². The van der Waals surface area contributed by atoms with Crippen LogP contribution in [0.5, 0.6) is 0 Å². The molecule has 2 N–H and O–H groups in total. The predicted molar refractivity (Wildman–Crippen MR) is 81.7 cm³/mol. The molecule has 0 unspecified atom stereocenters. The molecule has 0 saturated carbocycles. The minimum atomic E-state index is -0.382. The van der Waals surface area contributed by atoms with Crippen molar-refractivity contribution >= 4 is 11.9 Å². The van der Waals surface area contributed by atoms with E-state index in [9.17, 15) is 9.59 Å². The number of ether oxygens (including phenoxy) is 2. The van der Waals surface area contributed by atoms with E-state index in [0.29, 0.717) is 31.6 Å². The highest BCUT2D eigenvalue weighted by Crippen LogP contribution is 2.21. The highest BCUT2D eigenvalue weighted by atomic mass is 16.5. The average molecular weight is 303 g/mol. The summed E-state index contributed by atoms with van der Waals surface area (Å²) in [5, 5.41) is 0. The number of amides is 1. The summed E-state index contributed by atoms with van der Waals surface area (Å²) in [5.74, 6) is -0.676. The van der Waals surface area contributed by atoms with Gasteiger partial charge in [-0.3, -0.25) is 4.79 Å². The number of hydrogen-bond donors (Lipinski definition) is 1. The van der Waals surface area contributed by atoms with E-state index in [0.717, 1.165) is 12.0 Å². The van der Waals surface area contributed by atoms with Crippen molar-refractivity contribution < 1.29 is 19.1 Å². The fraction of sp³-hybridized carbons (Fsp3) is 0.412. The molecule has 2 rings (SSSR count). The SMILES string of the molecule is NC(=O)CC[C@@H]1C=C(CCCOCc2ccccc2)C(=O)O1. The zero-order valence-corrected chi connectivity index (χ0v) is 12.5.